The van der Waals surface area contributed by atoms with Crippen LogP contribution in [0.1, 0.15) is 16.8 Å². The van der Waals surface area contributed by atoms with Crippen molar-refractivity contribution in [2.45, 2.75) is 6.42 Å². The summed E-state index contributed by atoms with van der Waals surface area (Å²) in [5.74, 6) is -2.74. The van der Waals surface area contributed by atoms with E-state index in [1.807, 2.05) is 0 Å². The fourth-order valence-electron chi connectivity index (χ4n) is 1.90. The summed E-state index contributed by atoms with van der Waals surface area (Å²) < 4.78 is 13.8. The lowest BCUT2D eigenvalue weighted by molar-refractivity contribution is -0.120. The molecule has 1 aromatic carbocycles. The molecule has 0 fully saturated rings. The molecular weight excluding hydrogens is 275 g/mol. The maximum absolute atomic E-state index is 13.8. The summed E-state index contributed by atoms with van der Waals surface area (Å²) >= 11 is 5.81. The molecule has 7 heteroatoms. The van der Waals surface area contributed by atoms with E-state index in [-0.39, 0.29) is 35.1 Å². The van der Waals surface area contributed by atoms with E-state index in [1.165, 1.54) is 13.1 Å². The molecule has 100 valence electrons. The average Bonchev–Trinajstić information content (AvgIpc) is 2.65. The molecule has 0 atom stereocenters. The average molecular weight is 285 g/mol. The van der Waals surface area contributed by atoms with Crippen LogP contribution in [0.25, 0.3) is 0 Å². The van der Waals surface area contributed by atoms with Crippen LogP contribution in [0, 0.1) is 5.82 Å². The molecule has 0 radical (unpaired) electrons. The number of amides is 2. The van der Waals surface area contributed by atoms with Crippen LogP contribution in [-0.4, -0.2) is 31.2 Å². The van der Waals surface area contributed by atoms with E-state index in [2.05, 4.69) is 5.32 Å². The Labute approximate surface area is 113 Å². The highest BCUT2D eigenvalue weighted by Crippen LogP contribution is 2.36. The lowest BCUT2D eigenvalue weighted by atomic mass is 10.1. The maximum atomic E-state index is 13.8. The number of anilines is 1. The third-order valence-corrected chi connectivity index (χ3v) is 3.17. The number of nitrogens with one attached hydrogen (secondary N) is 1. The van der Waals surface area contributed by atoms with Crippen molar-refractivity contribution in [1.82, 2.24) is 5.32 Å². The van der Waals surface area contributed by atoms with Gasteiger partial charge in [-0.1, -0.05) is 11.6 Å². The highest BCUT2D eigenvalue weighted by Gasteiger charge is 2.39. The van der Waals surface area contributed by atoms with Gasteiger partial charge in [0, 0.05) is 20.0 Å². The topological polar surface area (TPSA) is 66.5 Å². The third-order valence-electron chi connectivity index (χ3n) is 2.86. The van der Waals surface area contributed by atoms with Crippen molar-refractivity contribution in [3.63, 3.8) is 0 Å². The second kappa shape index (κ2) is 4.97. The van der Waals surface area contributed by atoms with E-state index < -0.39 is 17.5 Å². The number of Topliss-reactive ketones (excluding diaryl/α,β-unsaturated/α-hetero) is 1. The van der Waals surface area contributed by atoms with Crippen LogP contribution in [0.2, 0.25) is 5.02 Å². The van der Waals surface area contributed by atoms with Crippen LogP contribution >= 0.6 is 11.6 Å². The van der Waals surface area contributed by atoms with Gasteiger partial charge < -0.3 is 10.2 Å². The molecule has 0 saturated carbocycles. The molecule has 1 heterocycles. The highest BCUT2D eigenvalue weighted by atomic mass is 35.5. The number of ketones is 1. The summed E-state index contributed by atoms with van der Waals surface area (Å²) in [6.45, 7) is -0.0749. The molecule has 5 nitrogen and oxygen atoms in total. The van der Waals surface area contributed by atoms with Crippen molar-refractivity contribution in [2.24, 2.45) is 0 Å². The van der Waals surface area contributed by atoms with Gasteiger partial charge in [-0.2, -0.15) is 0 Å². The molecule has 0 unspecified atom stereocenters. The van der Waals surface area contributed by atoms with Crippen molar-refractivity contribution < 1.29 is 18.8 Å². The fourth-order valence-corrected chi connectivity index (χ4v) is 2.14. The van der Waals surface area contributed by atoms with Crippen molar-refractivity contribution in [2.75, 3.05) is 18.5 Å². The summed E-state index contributed by atoms with van der Waals surface area (Å²) in [6, 6.07) is 2.31. The second-order valence-corrected chi connectivity index (χ2v) is 4.37. The molecule has 0 aliphatic carbocycles. The number of hydrogen-bond donors (Lipinski definition) is 1. The van der Waals surface area contributed by atoms with Crippen LogP contribution in [-0.2, 0) is 9.59 Å². The zero-order chi connectivity index (χ0) is 14.2. The Hall–Kier alpha value is -1.95. The van der Waals surface area contributed by atoms with Gasteiger partial charge >= 0.3 is 0 Å². The number of nitrogens with zero attached hydrogens (tertiary/aromatic N) is 1. The molecule has 19 heavy (non-hydrogen) atoms. The number of fused-ring (bicyclic) bond motifs is 1. The minimum Gasteiger partial charge on any atom is -0.359 e. The number of hydrogen-bond acceptors (Lipinski definition) is 3. The molecule has 1 aliphatic rings. The molecule has 2 rings (SSSR count). The number of halogens is 2. The molecule has 2 amide bonds. The first-order chi connectivity index (χ1) is 8.97. The Morgan fingerprint density at radius 3 is 2.74 bits per heavy atom. The molecule has 0 aromatic heterocycles. The van der Waals surface area contributed by atoms with Gasteiger partial charge in [0.25, 0.3) is 11.7 Å². The monoisotopic (exact) mass is 284 g/mol. The van der Waals surface area contributed by atoms with E-state index in [9.17, 15) is 18.8 Å². The summed E-state index contributed by atoms with van der Waals surface area (Å²) in [4.78, 5) is 35.7. The molecular formula is C12H10ClFN2O3. The summed E-state index contributed by atoms with van der Waals surface area (Å²) in [5, 5.41) is 2.41. The van der Waals surface area contributed by atoms with E-state index in [1.54, 1.807) is 0 Å². The molecule has 0 saturated heterocycles. The van der Waals surface area contributed by atoms with Gasteiger partial charge in [-0.05, 0) is 12.1 Å². The van der Waals surface area contributed by atoms with Gasteiger partial charge in [-0.25, -0.2) is 4.39 Å². The molecule has 1 aromatic rings. The lowest BCUT2D eigenvalue weighted by Crippen LogP contribution is -2.34. The van der Waals surface area contributed by atoms with Crippen LogP contribution in [0.3, 0.4) is 0 Å². The molecule has 0 spiro atoms. The maximum Gasteiger partial charge on any atom is 0.299 e. The summed E-state index contributed by atoms with van der Waals surface area (Å²) in [6.07, 6.45) is -0.0269. The zero-order valence-corrected chi connectivity index (χ0v) is 10.8. The number of benzene rings is 1. The smallest absolute Gasteiger partial charge is 0.299 e. The lowest BCUT2D eigenvalue weighted by Gasteiger charge is -2.16. The Kier molecular flexibility index (Phi) is 3.53. The Balaban J connectivity index is 2.39. The second-order valence-electron chi connectivity index (χ2n) is 3.96. The van der Waals surface area contributed by atoms with Crippen LogP contribution in [0.5, 0.6) is 0 Å². The van der Waals surface area contributed by atoms with Gasteiger partial charge in [0.1, 0.15) is 5.82 Å². The normalized spacial score (nSPS) is 13.7. The standard InChI is InChI=1S/C12H10ClFN2O3/c1-15-8(17)4-5-16-10-7(14)3-2-6(13)9(10)11(18)12(16)19/h2-3H,4-5H2,1H3,(H,15,17). The predicted octanol–water partition coefficient (Wildman–Crippen LogP) is 1.14. The first-order valence-electron chi connectivity index (χ1n) is 5.52. The number of carbonyl (C=O) groups excluding carboxylic acids is 3. The quantitative estimate of drug-likeness (QED) is 0.847. The predicted molar refractivity (Wildman–Crippen MR) is 66.8 cm³/mol. The first-order valence-corrected chi connectivity index (χ1v) is 5.90. The SMILES string of the molecule is CNC(=O)CCN1C(=O)C(=O)c2c(Cl)ccc(F)c21. The summed E-state index contributed by atoms with van der Waals surface area (Å²) in [7, 11) is 1.45. The molecule has 1 N–H and O–H groups in total. The van der Waals surface area contributed by atoms with Gasteiger partial charge in [-0.15, -0.1) is 0 Å². The van der Waals surface area contributed by atoms with Crippen LogP contribution < -0.4 is 10.2 Å². The largest absolute Gasteiger partial charge is 0.359 e. The fraction of sp³-hybridized carbons (Fsp3) is 0.250. The van der Waals surface area contributed by atoms with Crippen molar-refractivity contribution in [3.05, 3.63) is 28.5 Å². The minimum atomic E-state index is -0.870. The zero-order valence-electron chi connectivity index (χ0n) is 10.00. The van der Waals surface area contributed by atoms with Crippen LogP contribution in [0.4, 0.5) is 10.1 Å². The molecule has 0 bridgehead atoms. The Morgan fingerprint density at radius 1 is 1.42 bits per heavy atom. The Bertz CT molecular complexity index is 589. The van der Waals surface area contributed by atoms with E-state index >= 15 is 0 Å². The number of rotatable bonds is 3. The number of carbonyl (C=O) groups is 3. The van der Waals surface area contributed by atoms with Gasteiger partial charge in [-0.3, -0.25) is 14.4 Å². The van der Waals surface area contributed by atoms with Gasteiger partial charge in [0.2, 0.25) is 5.91 Å². The highest BCUT2D eigenvalue weighted by molar-refractivity contribution is 6.55. The van der Waals surface area contributed by atoms with Crippen molar-refractivity contribution >= 4 is 34.9 Å². The van der Waals surface area contributed by atoms with Crippen molar-refractivity contribution in [1.29, 1.82) is 0 Å². The first kappa shape index (κ1) is 13.5. The Morgan fingerprint density at radius 2 is 2.11 bits per heavy atom. The van der Waals surface area contributed by atoms with Gasteiger partial charge in [0.05, 0.1) is 16.3 Å². The van der Waals surface area contributed by atoms with Gasteiger partial charge in [0.15, 0.2) is 0 Å². The minimum absolute atomic E-state index is 0.0252. The molecule has 1 aliphatic heterocycles. The van der Waals surface area contributed by atoms with E-state index in [4.69, 9.17) is 11.6 Å². The van der Waals surface area contributed by atoms with Crippen molar-refractivity contribution in [3.8, 4) is 0 Å². The third kappa shape index (κ3) is 2.19. The van der Waals surface area contributed by atoms with E-state index in [0.29, 0.717) is 0 Å². The summed E-state index contributed by atoms with van der Waals surface area (Å²) in [5.41, 5.74) is -0.282. The van der Waals surface area contributed by atoms with E-state index in [0.717, 1.165) is 11.0 Å². The van der Waals surface area contributed by atoms with Crippen LogP contribution in [0.15, 0.2) is 12.1 Å².